The van der Waals surface area contributed by atoms with Crippen LogP contribution in [0.5, 0.6) is 0 Å². The van der Waals surface area contributed by atoms with E-state index in [-0.39, 0.29) is 5.69 Å². The number of aromatic amines is 2. The van der Waals surface area contributed by atoms with Gasteiger partial charge in [0, 0.05) is 24.5 Å². The zero-order valence-corrected chi connectivity index (χ0v) is 12.2. The van der Waals surface area contributed by atoms with Crippen molar-refractivity contribution in [3.63, 3.8) is 0 Å². The largest absolute Gasteiger partial charge is 0.356 e. The molecule has 3 heterocycles. The molecule has 1 aliphatic rings. The molecule has 6 heteroatoms. The molecule has 0 amide bonds. The van der Waals surface area contributed by atoms with Gasteiger partial charge in [-0.2, -0.15) is 10.1 Å². The van der Waals surface area contributed by atoms with E-state index in [1.165, 1.54) is 6.42 Å². The van der Waals surface area contributed by atoms with Crippen molar-refractivity contribution in [2.24, 2.45) is 0 Å². The second kappa shape index (κ2) is 5.29. The van der Waals surface area contributed by atoms with Crippen molar-refractivity contribution >= 4 is 16.7 Å². The number of hydrogen-bond acceptors (Lipinski definition) is 4. The van der Waals surface area contributed by atoms with E-state index in [0.717, 1.165) is 53.9 Å². The van der Waals surface area contributed by atoms with Crippen LogP contribution in [0.3, 0.4) is 0 Å². The maximum Gasteiger partial charge on any atom is 0.347 e. The first-order valence-electron chi connectivity index (χ1n) is 7.59. The van der Waals surface area contributed by atoms with Gasteiger partial charge >= 0.3 is 5.69 Å². The van der Waals surface area contributed by atoms with Crippen LogP contribution >= 0.6 is 0 Å². The quantitative estimate of drug-likeness (QED) is 0.760. The lowest BCUT2D eigenvalue weighted by Gasteiger charge is -2.27. The number of nitrogens with one attached hydrogen (secondary N) is 2. The van der Waals surface area contributed by atoms with E-state index in [1.54, 1.807) is 6.20 Å². The monoisotopic (exact) mass is 295 g/mol. The summed E-state index contributed by atoms with van der Waals surface area (Å²) in [6.45, 7) is 1.94. The molecule has 0 saturated carbocycles. The van der Waals surface area contributed by atoms with E-state index in [0.29, 0.717) is 0 Å². The molecule has 0 atom stereocenters. The average molecular weight is 295 g/mol. The van der Waals surface area contributed by atoms with Crippen LogP contribution in [0.4, 0.5) is 5.82 Å². The van der Waals surface area contributed by atoms with Crippen molar-refractivity contribution < 1.29 is 0 Å². The van der Waals surface area contributed by atoms with Gasteiger partial charge in [-0.3, -0.25) is 5.10 Å². The van der Waals surface area contributed by atoms with Gasteiger partial charge in [-0.25, -0.2) is 4.79 Å². The molecule has 1 aromatic carbocycles. The van der Waals surface area contributed by atoms with E-state index in [1.807, 2.05) is 24.3 Å². The standard InChI is InChI=1S/C16H17N5O/c22-16-18-14(9-15(19-16)21-6-2-1-3-7-21)11-4-5-13-12(8-11)10-17-20-13/h4-5,8-10H,1-3,6-7H2,(H,17,20)(H,18,19,22). The second-order valence-electron chi connectivity index (χ2n) is 5.68. The van der Waals surface area contributed by atoms with Crippen molar-refractivity contribution in [3.8, 4) is 11.3 Å². The Bertz CT molecular complexity index is 860. The topological polar surface area (TPSA) is 77.7 Å². The van der Waals surface area contributed by atoms with E-state index >= 15 is 0 Å². The fourth-order valence-electron chi connectivity index (χ4n) is 3.00. The van der Waals surface area contributed by atoms with Gasteiger partial charge < -0.3 is 9.88 Å². The first-order chi connectivity index (χ1) is 10.8. The molecule has 3 aromatic rings. The summed E-state index contributed by atoms with van der Waals surface area (Å²) in [6.07, 6.45) is 5.35. The van der Waals surface area contributed by atoms with Crippen LogP contribution in [-0.4, -0.2) is 33.3 Å². The molecule has 0 unspecified atom stereocenters. The summed E-state index contributed by atoms with van der Waals surface area (Å²) in [5.41, 5.74) is 2.44. The van der Waals surface area contributed by atoms with Crippen molar-refractivity contribution in [3.05, 3.63) is 40.9 Å². The van der Waals surface area contributed by atoms with Gasteiger partial charge in [0.25, 0.3) is 0 Å². The Morgan fingerprint density at radius 3 is 2.82 bits per heavy atom. The van der Waals surface area contributed by atoms with E-state index < -0.39 is 0 Å². The number of fused-ring (bicyclic) bond motifs is 1. The molecular weight excluding hydrogens is 278 g/mol. The number of rotatable bonds is 2. The molecule has 112 valence electrons. The predicted molar refractivity (Wildman–Crippen MR) is 86.0 cm³/mol. The van der Waals surface area contributed by atoms with Gasteiger partial charge in [0.05, 0.1) is 17.4 Å². The number of hydrogen-bond donors (Lipinski definition) is 2. The fraction of sp³-hybridized carbons (Fsp3) is 0.312. The molecule has 4 rings (SSSR count). The maximum absolute atomic E-state index is 11.9. The summed E-state index contributed by atoms with van der Waals surface area (Å²) >= 11 is 0. The van der Waals surface area contributed by atoms with Gasteiger partial charge in [0.2, 0.25) is 0 Å². The number of anilines is 1. The second-order valence-corrected chi connectivity index (χ2v) is 5.68. The van der Waals surface area contributed by atoms with E-state index in [9.17, 15) is 4.79 Å². The van der Waals surface area contributed by atoms with Crippen LogP contribution in [0.25, 0.3) is 22.2 Å². The lowest BCUT2D eigenvalue weighted by Crippen LogP contribution is -2.32. The van der Waals surface area contributed by atoms with Gasteiger partial charge in [-0.15, -0.1) is 0 Å². The number of piperidine rings is 1. The highest BCUT2D eigenvalue weighted by atomic mass is 16.1. The lowest BCUT2D eigenvalue weighted by molar-refractivity contribution is 0.572. The Balaban J connectivity index is 1.77. The molecule has 0 spiro atoms. The number of nitrogens with zero attached hydrogens (tertiary/aromatic N) is 3. The molecule has 2 N–H and O–H groups in total. The number of aromatic nitrogens is 4. The highest BCUT2D eigenvalue weighted by Gasteiger charge is 2.14. The first-order valence-corrected chi connectivity index (χ1v) is 7.59. The third kappa shape index (κ3) is 2.36. The van der Waals surface area contributed by atoms with Gasteiger partial charge in [-0.1, -0.05) is 6.07 Å². The smallest absolute Gasteiger partial charge is 0.347 e. The predicted octanol–water partition coefficient (Wildman–Crippen LogP) is 2.30. The molecule has 1 fully saturated rings. The van der Waals surface area contributed by atoms with Crippen LogP contribution < -0.4 is 10.6 Å². The Morgan fingerprint density at radius 2 is 1.95 bits per heavy atom. The summed E-state index contributed by atoms with van der Waals surface area (Å²) < 4.78 is 0. The van der Waals surface area contributed by atoms with E-state index in [4.69, 9.17) is 0 Å². The summed E-state index contributed by atoms with van der Waals surface area (Å²) in [4.78, 5) is 21.1. The van der Waals surface area contributed by atoms with E-state index in [2.05, 4.69) is 25.1 Å². The van der Waals surface area contributed by atoms with Crippen LogP contribution in [0, 0.1) is 0 Å². The minimum Gasteiger partial charge on any atom is -0.356 e. The molecule has 1 aliphatic heterocycles. The molecule has 2 aromatic heterocycles. The highest BCUT2D eigenvalue weighted by molar-refractivity contribution is 5.83. The first kappa shape index (κ1) is 13.1. The Kier molecular flexibility index (Phi) is 3.14. The van der Waals surface area contributed by atoms with Crippen molar-refractivity contribution in [1.82, 2.24) is 20.2 Å². The van der Waals surface area contributed by atoms with Crippen LogP contribution in [0.1, 0.15) is 19.3 Å². The molecule has 0 aliphatic carbocycles. The van der Waals surface area contributed by atoms with Gasteiger partial charge in [-0.05, 0) is 37.0 Å². The number of H-pyrrole nitrogens is 2. The highest BCUT2D eigenvalue weighted by Crippen LogP contribution is 2.24. The molecule has 0 bridgehead atoms. The van der Waals surface area contributed by atoms with Gasteiger partial charge in [0.1, 0.15) is 5.82 Å². The van der Waals surface area contributed by atoms with Crippen LogP contribution in [0.15, 0.2) is 35.3 Å². The van der Waals surface area contributed by atoms with Crippen molar-refractivity contribution in [2.45, 2.75) is 19.3 Å². The SMILES string of the molecule is O=c1nc(N2CCCCC2)cc(-c2ccc3[nH]ncc3c2)[nH]1. The normalized spacial score (nSPS) is 15.4. The lowest BCUT2D eigenvalue weighted by atomic mass is 10.1. The minimum atomic E-state index is -0.301. The summed E-state index contributed by atoms with van der Waals surface area (Å²) in [5.74, 6) is 0.769. The summed E-state index contributed by atoms with van der Waals surface area (Å²) in [6, 6.07) is 7.93. The molecule has 1 saturated heterocycles. The Hall–Kier alpha value is -2.63. The van der Waals surface area contributed by atoms with Crippen LogP contribution in [-0.2, 0) is 0 Å². The Morgan fingerprint density at radius 1 is 1.09 bits per heavy atom. The summed E-state index contributed by atoms with van der Waals surface area (Å²) in [7, 11) is 0. The fourth-order valence-corrected chi connectivity index (χ4v) is 3.00. The number of benzene rings is 1. The Labute approximate surface area is 127 Å². The third-order valence-electron chi connectivity index (χ3n) is 4.16. The zero-order valence-electron chi connectivity index (χ0n) is 12.2. The summed E-state index contributed by atoms with van der Waals surface area (Å²) in [5, 5.41) is 7.98. The average Bonchev–Trinajstić information content (AvgIpc) is 3.02. The maximum atomic E-state index is 11.9. The van der Waals surface area contributed by atoms with Crippen molar-refractivity contribution in [1.29, 1.82) is 0 Å². The molecular formula is C16H17N5O. The van der Waals surface area contributed by atoms with Crippen LogP contribution in [0.2, 0.25) is 0 Å². The third-order valence-corrected chi connectivity index (χ3v) is 4.16. The minimum absolute atomic E-state index is 0.301. The molecule has 22 heavy (non-hydrogen) atoms. The zero-order chi connectivity index (χ0) is 14.9. The van der Waals surface area contributed by atoms with Gasteiger partial charge in [0.15, 0.2) is 0 Å². The van der Waals surface area contributed by atoms with Crippen molar-refractivity contribution in [2.75, 3.05) is 18.0 Å². The molecule has 6 nitrogen and oxygen atoms in total. The molecule has 0 radical (unpaired) electrons.